The van der Waals surface area contributed by atoms with Gasteiger partial charge in [0.25, 0.3) is 41.4 Å². The van der Waals surface area contributed by atoms with Crippen LogP contribution in [0.5, 0.6) is 28.7 Å². The molecule has 0 bridgehead atoms. The van der Waals surface area contributed by atoms with Crippen LogP contribution in [0.25, 0.3) is 0 Å². The van der Waals surface area contributed by atoms with Crippen LogP contribution in [-0.2, 0) is 66.3 Å². The number of halogens is 12. The number of alkyl halides is 9. The maximum atomic E-state index is 12.4. The summed E-state index contributed by atoms with van der Waals surface area (Å²) in [5.41, 5.74) is 15.4. The Morgan fingerprint density at radius 1 is 0.465 bits per heavy atom. The Labute approximate surface area is 738 Å². The Hall–Kier alpha value is -13.8. The number of benzene rings is 7. The summed E-state index contributed by atoms with van der Waals surface area (Å²) in [6, 6.07) is 46.9. The highest BCUT2D eigenvalue weighted by Crippen LogP contribution is 2.30. The molecule has 0 fully saturated rings. The van der Waals surface area contributed by atoms with Gasteiger partial charge in [-0.25, -0.2) is 24.7 Å². The molecule has 31 nitrogen and oxygen atoms in total. The molecule has 0 aliphatic heterocycles. The number of aromatic nitrogens is 5. The summed E-state index contributed by atoms with van der Waals surface area (Å²) in [5.74, 6) is -3.48. The van der Waals surface area contributed by atoms with Crippen LogP contribution in [0.2, 0.25) is 15.1 Å². The van der Waals surface area contributed by atoms with Gasteiger partial charge in [-0.05, 0) is 151 Å². The molecular weight excluding hydrogens is 1790 g/mol. The van der Waals surface area contributed by atoms with Crippen molar-refractivity contribution < 1.29 is 120 Å². The van der Waals surface area contributed by atoms with E-state index in [1.807, 2.05) is 91.0 Å². The van der Waals surface area contributed by atoms with E-state index >= 15 is 0 Å². The van der Waals surface area contributed by atoms with Crippen LogP contribution in [0, 0.1) is 0 Å². The van der Waals surface area contributed by atoms with E-state index in [0.29, 0.717) is 71.3 Å². The van der Waals surface area contributed by atoms with E-state index in [2.05, 4.69) is 75.6 Å². The molecule has 5 heterocycles. The zero-order valence-electron chi connectivity index (χ0n) is 66.0. The highest BCUT2D eigenvalue weighted by atomic mass is 35.5. The fourth-order valence-corrected chi connectivity index (χ4v) is 12.1. The Kier molecular flexibility index (Phi) is 38.5. The minimum atomic E-state index is -4.82. The second-order valence-electron chi connectivity index (χ2n) is 25.3. The second kappa shape index (κ2) is 49.6. The fourth-order valence-electron chi connectivity index (χ4n) is 10.1. The summed E-state index contributed by atoms with van der Waals surface area (Å²) in [7, 11) is 1.18. The largest absolute Gasteiger partial charge is 0.573 e. The maximum Gasteiger partial charge on any atom is 0.573 e. The molecule has 127 heavy (non-hydrogen) atoms. The number of oxazole rings is 2. The zero-order chi connectivity index (χ0) is 91.9. The molecule has 670 valence electrons. The highest BCUT2D eigenvalue weighted by molar-refractivity contribution is 7.10. The first kappa shape index (κ1) is 98.6. The van der Waals surface area contributed by atoms with Gasteiger partial charge >= 0.3 is 25.2 Å². The predicted molar refractivity (Wildman–Crippen MR) is 443 cm³/mol. The van der Waals surface area contributed by atoms with Crippen LogP contribution in [0.4, 0.5) is 50.0 Å². The number of carbonyl (C=O) groups is 8. The van der Waals surface area contributed by atoms with Crippen molar-refractivity contribution in [3.63, 3.8) is 0 Å². The molecule has 5 aromatic heterocycles. The van der Waals surface area contributed by atoms with Gasteiger partial charge in [0, 0.05) is 70.3 Å². The molecule has 0 radical (unpaired) electrons. The number of carbonyl (C=O) groups excluding carboxylic acids is 8. The molecule has 0 aliphatic carbocycles. The first-order valence-corrected chi connectivity index (χ1v) is 39.8. The molecule has 10 N–H and O–H groups in total. The predicted octanol–water partition coefficient (Wildman–Crippen LogP) is 14.5. The van der Waals surface area contributed by atoms with E-state index in [0.717, 1.165) is 87.8 Å². The van der Waals surface area contributed by atoms with Crippen LogP contribution in [0.1, 0.15) is 96.4 Å². The zero-order valence-corrected chi connectivity index (χ0v) is 69.9. The lowest BCUT2D eigenvalue weighted by atomic mass is 10.1. The summed E-state index contributed by atoms with van der Waals surface area (Å²) in [6.45, 7) is 1.07. The first-order valence-electron chi connectivity index (χ1n) is 36.9. The molecule has 8 amide bonds. The van der Waals surface area contributed by atoms with Gasteiger partial charge < -0.3 is 85.1 Å². The molecule has 45 heteroatoms. The van der Waals surface area contributed by atoms with Gasteiger partial charge in [0.15, 0.2) is 42.4 Å². The Morgan fingerprint density at radius 2 is 0.898 bits per heavy atom. The van der Waals surface area contributed by atoms with E-state index in [1.165, 1.54) is 78.3 Å². The Bertz CT molecular complexity index is 5530. The lowest BCUT2D eigenvalue weighted by Crippen LogP contribution is -2.30. The average Bonchev–Trinajstić information content (AvgIpc) is 1.83. The van der Waals surface area contributed by atoms with Gasteiger partial charge in [-0.3, -0.25) is 38.5 Å². The van der Waals surface area contributed by atoms with Crippen LogP contribution >= 0.6 is 57.5 Å². The SMILES string of the molecule is COC(=O)N(Cc1nc(C(=O)NCCc2cccc(Cl)c2)cs1)c1ccc(OC(F)(F)F)cc1.NC(=O)c1cocn1.NCc1nc(C(=O)NCCc2cccc(Cl)c2)cs1.O=C(COc1ccc(OC(F)(F)F)cc1)NCc1cc(C(=O)NCCc2cccc(Cl)c2)no1.O=C(COc1ccc(OC(F)(F)F)cc1)NCc1nc(C(=O)NCc2ccccc2)co1. The van der Waals surface area contributed by atoms with Gasteiger partial charge in [-0.15, -0.1) is 62.2 Å². The monoisotopic (exact) mass is 1870 g/mol. The van der Waals surface area contributed by atoms with Gasteiger partial charge in [-0.2, -0.15) is 0 Å². The van der Waals surface area contributed by atoms with Gasteiger partial charge in [-0.1, -0.05) is 107 Å². The molecule has 0 spiro atoms. The molecule has 0 unspecified atom stereocenters. The first-order chi connectivity index (χ1) is 60.6. The normalized spacial score (nSPS) is 10.8. The van der Waals surface area contributed by atoms with Crippen LogP contribution in [0.3, 0.4) is 0 Å². The number of hydrogen-bond acceptors (Lipinski definition) is 25. The van der Waals surface area contributed by atoms with Gasteiger partial charge in [0.05, 0.1) is 26.7 Å². The smallest absolute Gasteiger partial charge is 0.484 e. The van der Waals surface area contributed by atoms with Crippen molar-refractivity contribution in [2.75, 3.05) is 44.9 Å². The summed E-state index contributed by atoms with van der Waals surface area (Å²) in [6.07, 6.45) is -9.70. The third kappa shape index (κ3) is 37.3. The number of thiazole rings is 2. The third-order valence-electron chi connectivity index (χ3n) is 15.9. The number of anilines is 1. The third-order valence-corrected chi connectivity index (χ3v) is 18.3. The highest BCUT2D eigenvalue weighted by Gasteiger charge is 2.33. The lowest BCUT2D eigenvalue weighted by Gasteiger charge is -2.20. The van der Waals surface area contributed by atoms with Crippen molar-refractivity contribution in [3.8, 4) is 28.7 Å². The number of rotatable bonds is 33. The van der Waals surface area contributed by atoms with Crippen molar-refractivity contribution in [2.45, 2.75) is 71.1 Å². The molecule has 12 aromatic rings. The number of nitrogens with one attached hydrogen (secondary N) is 6. The summed E-state index contributed by atoms with van der Waals surface area (Å²) >= 11 is 20.3. The van der Waals surface area contributed by atoms with Crippen LogP contribution < -0.4 is 72.0 Å². The number of primary amides is 1. The molecule has 0 saturated heterocycles. The Balaban J connectivity index is 0.000000206. The fraction of sp³-hybridized carbons (Fsp3) is 0.207. The second-order valence-corrected chi connectivity index (χ2v) is 28.5. The molecule has 0 aliphatic rings. The molecule has 7 aromatic carbocycles. The summed E-state index contributed by atoms with van der Waals surface area (Å²) < 4.78 is 151. The maximum absolute atomic E-state index is 12.4. The number of ether oxygens (including phenoxy) is 6. The minimum Gasteiger partial charge on any atom is -0.484 e. The van der Waals surface area contributed by atoms with Crippen LogP contribution in [-0.4, -0.2) is 132 Å². The van der Waals surface area contributed by atoms with Crippen molar-refractivity contribution in [3.05, 3.63) is 299 Å². The summed E-state index contributed by atoms with van der Waals surface area (Å²) in [5, 5.41) is 26.1. The van der Waals surface area contributed by atoms with Crippen molar-refractivity contribution in [2.24, 2.45) is 11.5 Å². The molecule has 0 atom stereocenters. The number of amides is 8. The van der Waals surface area contributed by atoms with Crippen LogP contribution in [0.15, 0.2) is 225 Å². The van der Waals surface area contributed by atoms with Crippen molar-refractivity contribution >= 4 is 111 Å². The standard InChI is InChI=1S/C22H19ClF3N3O5.C22H19ClF3N3O4S.C21H18F3N3O5.C13H14ClN3OS.C4H4N2O2/c23-15-3-1-2-14(10-15)8-9-27-21(31)19-11-18(34-29-19)12-28-20(30)13-32-16-4-6-17(7-5-16)33-22(24,25)26;1-32-21(31)29(16-5-7-17(8-6-16)33-22(24,25)26)12-19-28-18(13-34-19)20(30)27-10-9-14-3-2-4-15(23)11-14;22-21(23,24)32-16-8-6-15(7-9-16)30-13-18(28)25-11-19-27-17(12-31-19)20(29)26-10-14-4-2-1-3-5-14;14-10-3-1-2-9(6-10)4-5-16-13(18)11-8-19-12(7-15)17-11;5-4(7)3-1-8-2-6-3/h1-7,10-11H,8-9,12-13H2,(H,27,31)(H,28,30);2-8,11,13H,9-10,12H2,1H3,(H,27,30);1-9,12H,10-11,13H2,(H,25,28)(H,26,29);1-3,6,8H,4-5,7,15H2,(H,16,18);1-2H,(H2,5,7). The number of hydrogen-bond donors (Lipinski definition) is 8. The van der Waals surface area contributed by atoms with E-state index < -0.39 is 72.0 Å². The van der Waals surface area contributed by atoms with Crippen molar-refractivity contribution in [1.29, 1.82) is 0 Å². The quantitative estimate of drug-likeness (QED) is 0.0177. The summed E-state index contributed by atoms with van der Waals surface area (Å²) in [4.78, 5) is 112. The average molecular weight is 1870 g/mol. The number of nitrogens with two attached hydrogens (primary N) is 2. The van der Waals surface area contributed by atoms with E-state index in [-0.39, 0.29) is 96.3 Å². The van der Waals surface area contributed by atoms with Crippen molar-refractivity contribution in [1.82, 2.24) is 57.0 Å². The van der Waals surface area contributed by atoms with E-state index in [4.69, 9.17) is 69.4 Å². The molecule has 12 rings (SSSR count). The number of methoxy groups -OCH3 is 1. The number of nitrogens with zero attached hydrogens (tertiary/aromatic N) is 6. The molecular formula is C82H74Cl3F9N14O17S2. The topological polar surface area (TPSA) is 423 Å². The molecule has 0 saturated carbocycles. The van der Waals surface area contributed by atoms with E-state index in [9.17, 15) is 77.9 Å². The lowest BCUT2D eigenvalue weighted by molar-refractivity contribution is -0.275. The minimum absolute atomic E-state index is 0.0383. The van der Waals surface area contributed by atoms with Gasteiger partial charge in [0.2, 0.25) is 5.89 Å². The van der Waals surface area contributed by atoms with E-state index in [1.54, 1.807) is 22.9 Å². The Morgan fingerprint density at radius 3 is 1.32 bits per heavy atom. The van der Waals surface area contributed by atoms with Gasteiger partial charge in [0.1, 0.15) is 62.7 Å².